The van der Waals surface area contributed by atoms with Gasteiger partial charge in [-0.2, -0.15) is 0 Å². The Morgan fingerprint density at radius 1 is 1.26 bits per heavy atom. The quantitative estimate of drug-likeness (QED) is 0.754. The lowest BCUT2D eigenvalue weighted by molar-refractivity contribution is 0.278. The number of benzene rings is 1. The zero-order valence-corrected chi connectivity index (χ0v) is 12.4. The lowest BCUT2D eigenvalue weighted by atomic mass is 9.80. The average Bonchev–Trinajstić information content (AvgIpc) is 2.88. The van der Waals surface area contributed by atoms with Gasteiger partial charge in [-0.25, -0.2) is 0 Å². The van der Waals surface area contributed by atoms with Crippen molar-refractivity contribution in [3.63, 3.8) is 0 Å². The highest BCUT2D eigenvalue weighted by atomic mass is 16.5. The van der Waals surface area contributed by atoms with E-state index in [0.717, 1.165) is 18.8 Å². The summed E-state index contributed by atoms with van der Waals surface area (Å²) in [6.07, 6.45) is 7.90. The van der Waals surface area contributed by atoms with Crippen LogP contribution in [0.15, 0.2) is 24.3 Å². The number of hydrogen-bond donors (Lipinski definition) is 1. The van der Waals surface area contributed by atoms with E-state index in [9.17, 15) is 0 Å². The van der Waals surface area contributed by atoms with Crippen LogP contribution >= 0.6 is 0 Å². The fourth-order valence-corrected chi connectivity index (χ4v) is 3.29. The molecule has 19 heavy (non-hydrogen) atoms. The Balaban J connectivity index is 2.02. The summed E-state index contributed by atoms with van der Waals surface area (Å²) in [5.41, 5.74) is 1.89. The third-order valence-electron chi connectivity index (χ3n) is 4.30. The Morgan fingerprint density at radius 3 is 2.74 bits per heavy atom. The largest absolute Gasteiger partial charge is 0.497 e. The first-order valence-corrected chi connectivity index (χ1v) is 7.62. The molecule has 0 atom stereocenters. The molecule has 0 aliphatic heterocycles. The van der Waals surface area contributed by atoms with Gasteiger partial charge >= 0.3 is 0 Å². The standard InChI is InChI=1S/C17H27NO/c1-3-11-18-14-17(9-4-5-10-17)13-15-7-6-8-16(12-15)19-2/h6-8,12,18H,3-5,9-11,13-14H2,1-2H3. The van der Waals surface area contributed by atoms with Crippen LogP contribution in [0.1, 0.15) is 44.6 Å². The fraction of sp³-hybridized carbons (Fsp3) is 0.647. The van der Waals surface area contributed by atoms with Crippen LogP contribution in [0.4, 0.5) is 0 Å². The van der Waals surface area contributed by atoms with Gasteiger partial charge in [0.05, 0.1) is 7.11 Å². The molecule has 1 aromatic carbocycles. The number of ether oxygens (including phenoxy) is 1. The van der Waals surface area contributed by atoms with Crippen molar-refractivity contribution in [1.82, 2.24) is 5.32 Å². The Hall–Kier alpha value is -1.02. The molecule has 0 radical (unpaired) electrons. The molecular formula is C17H27NO. The van der Waals surface area contributed by atoms with Gasteiger partial charge < -0.3 is 10.1 Å². The van der Waals surface area contributed by atoms with Crippen molar-refractivity contribution in [3.8, 4) is 5.75 Å². The zero-order chi connectivity index (χ0) is 13.6. The first kappa shape index (κ1) is 14.4. The lowest BCUT2D eigenvalue weighted by Gasteiger charge is -2.29. The molecule has 0 aromatic heterocycles. The third-order valence-corrected chi connectivity index (χ3v) is 4.30. The summed E-state index contributed by atoms with van der Waals surface area (Å²) >= 11 is 0. The fourth-order valence-electron chi connectivity index (χ4n) is 3.29. The molecule has 1 aromatic rings. The minimum atomic E-state index is 0.474. The van der Waals surface area contributed by atoms with Crippen molar-refractivity contribution in [2.45, 2.75) is 45.4 Å². The van der Waals surface area contributed by atoms with E-state index in [2.05, 4.69) is 30.4 Å². The van der Waals surface area contributed by atoms with Crippen molar-refractivity contribution in [2.24, 2.45) is 5.41 Å². The van der Waals surface area contributed by atoms with Gasteiger partial charge in [0, 0.05) is 6.54 Å². The number of methoxy groups -OCH3 is 1. The van der Waals surface area contributed by atoms with E-state index in [1.165, 1.54) is 44.1 Å². The van der Waals surface area contributed by atoms with E-state index >= 15 is 0 Å². The van der Waals surface area contributed by atoms with Crippen LogP contribution in [0.3, 0.4) is 0 Å². The maximum Gasteiger partial charge on any atom is 0.119 e. The number of rotatable bonds is 7. The Kier molecular flexibility index (Phi) is 5.26. The molecular weight excluding hydrogens is 234 g/mol. The van der Waals surface area contributed by atoms with Gasteiger partial charge in [-0.15, -0.1) is 0 Å². The zero-order valence-electron chi connectivity index (χ0n) is 12.4. The van der Waals surface area contributed by atoms with Crippen LogP contribution < -0.4 is 10.1 Å². The number of nitrogens with one attached hydrogen (secondary N) is 1. The molecule has 1 fully saturated rings. The SMILES string of the molecule is CCCNCC1(Cc2cccc(OC)c2)CCCC1. The second kappa shape index (κ2) is 6.95. The van der Waals surface area contributed by atoms with Crippen LogP contribution in [0, 0.1) is 5.41 Å². The summed E-state index contributed by atoms with van der Waals surface area (Å²) in [7, 11) is 1.74. The molecule has 2 nitrogen and oxygen atoms in total. The van der Waals surface area contributed by atoms with E-state index in [1.807, 2.05) is 6.07 Å². The molecule has 0 heterocycles. The van der Waals surface area contributed by atoms with E-state index < -0.39 is 0 Å². The van der Waals surface area contributed by atoms with Crippen LogP contribution in [-0.4, -0.2) is 20.2 Å². The average molecular weight is 261 g/mol. The van der Waals surface area contributed by atoms with Gasteiger partial charge in [-0.3, -0.25) is 0 Å². The van der Waals surface area contributed by atoms with Gasteiger partial charge in [0.1, 0.15) is 5.75 Å². The molecule has 0 spiro atoms. The second-order valence-electron chi connectivity index (χ2n) is 5.91. The summed E-state index contributed by atoms with van der Waals surface area (Å²) in [5.74, 6) is 0.979. The Morgan fingerprint density at radius 2 is 2.05 bits per heavy atom. The smallest absolute Gasteiger partial charge is 0.119 e. The summed E-state index contributed by atoms with van der Waals surface area (Å²) in [6, 6.07) is 8.57. The van der Waals surface area contributed by atoms with Crippen molar-refractivity contribution in [2.75, 3.05) is 20.2 Å². The molecule has 1 aliphatic carbocycles. The summed E-state index contributed by atoms with van der Waals surface area (Å²) < 4.78 is 5.34. The van der Waals surface area contributed by atoms with Gasteiger partial charge in [-0.05, 0) is 55.3 Å². The van der Waals surface area contributed by atoms with Crippen LogP contribution in [0.2, 0.25) is 0 Å². The predicted molar refractivity (Wildman–Crippen MR) is 80.8 cm³/mol. The lowest BCUT2D eigenvalue weighted by Crippen LogP contribution is -2.34. The third kappa shape index (κ3) is 3.97. The van der Waals surface area contributed by atoms with Crippen molar-refractivity contribution in [1.29, 1.82) is 0 Å². The highest BCUT2D eigenvalue weighted by molar-refractivity contribution is 5.29. The first-order chi connectivity index (χ1) is 9.28. The Bertz CT molecular complexity index is 383. The van der Waals surface area contributed by atoms with Crippen LogP contribution in [-0.2, 0) is 6.42 Å². The molecule has 1 saturated carbocycles. The molecule has 2 heteroatoms. The summed E-state index contributed by atoms with van der Waals surface area (Å²) in [6.45, 7) is 4.54. The van der Waals surface area contributed by atoms with E-state index in [0.29, 0.717) is 5.41 Å². The predicted octanol–water partition coefficient (Wildman–Crippen LogP) is 3.80. The molecule has 0 unspecified atom stereocenters. The summed E-state index contributed by atoms with van der Waals surface area (Å²) in [4.78, 5) is 0. The monoisotopic (exact) mass is 261 g/mol. The minimum Gasteiger partial charge on any atom is -0.497 e. The molecule has 106 valence electrons. The minimum absolute atomic E-state index is 0.474. The maximum atomic E-state index is 5.34. The molecule has 0 saturated heterocycles. The van der Waals surface area contributed by atoms with Gasteiger partial charge in [-0.1, -0.05) is 31.9 Å². The van der Waals surface area contributed by atoms with Crippen molar-refractivity contribution in [3.05, 3.63) is 29.8 Å². The van der Waals surface area contributed by atoms with Gasteiger partial charge in [0.2, 0.25) is 0 Å². The Labute approximate surface area is 117 Å². The molecule has 1 aliphatic rings. The van der Waals surface area contributed by atoms with Gasteiger partial charge in [0.25, 0.3) is 0 Å². The van der Waals surface area contributed by atoms with E-state index in [-0.39, 0.29) is 0 Å². The van der Waals surface area contributed by atoms with Crippen molar-refractivity contribution >= 4 is 0 Å². The molecule has 0 bridgehead atoms. The molecule has 0 amide bonds. The van der Waals surface area contributed by atoms with E-state index in [4.69, 9.17) is 4.74 Å². The molecule has 2 rings (SSSR count). The normalized spacial score (nSPS) is 17.6. The summed E-state index contributed by atoms with van der Waals surface area (Å²) in [5, 5.41) is 3.64. The molecule has 1 N–H and O–H groups in total. The first-order valence-electron chi connectivity index (χ1n) is 7.62. The van der Waals surface area contributed by atoms with Gasteiger partial charge in [0.15, 0.2) is 0 Å². The highest BCUT2D eigenvalue weighted by Crippen LogP contribution is 2.40. The van der Waals surface area contributed by atoms with E-state index in [1.54, 1.807) is 7.11 Å². The van der Waals surface area contributed by atoms with Crippen LogP contribution in [0.25, 0.3) is 0 Å². The second-order valence-corrected chi connectivity index (χ2v) is 5.91. The van der Waals surface area contributed by atoms with Crippen molar-refractivity contribution < 1.29 is 4.74 Å². The number of hydrogen-bond acceptors (Lipinski definition) is 2. The highest BCUT2D eigenvalue weighted by Gasteiger charge is 2.33. The topological polar surface area (TPSA) is 21.3 Å². The maximum absolute atomic E-state index is 5.34. The van der Waals surface area contributed by atoms with Crippen LogP contribution in [0.5, 0.6) is 5.75 Å².